The Hall–Kier alpha value is -2.87. The van der Waals surface area contributed by atoms with Gasteiger partial charge in [0.05, 0.1) is 5.69 Å². The maximum absolute atomic E-state index is 5.73. The minimum atomic E-state index is 0.264. The summed E-state index contributed by atoms with van der Waals surface area (Å²) in [5.74, 6) is 7.62. The van der Waals surface area contributed by atoms with Crippen LogP contribution in [0.25, 0.3) is 22.3 Å². The van der Waals surface area contributed by atoms with Gasteiger partial charge in [-0.25, -0.2) is 15.0 Å². The third kappa shape index (κ3) is 2.83. The van der Waals surface area contributed by atoms with Gasteiger partial charge in [0.15, 0.2) is 0 Å². The topological polar surface area (TPSA) is 80.5 Å². The second-order valence-electron chi connectivity index (χ2n) is 6.19. The van der Waals surface area contributed by atoms with E-state index in [0.29, 0.717) is 5.92 Å². The number of fused-ring (bicyclic) bond motifs is 1. The highest BCUT2D eigenvalue weighted by molar-refractivity contribution is 5.96. The zero-order valence-electron chi connectivity index (χ0n) is 13.4. The number of H-pyrrole nitrogens is 1. The van der Waals surface area contributed by atoms with Crippen molar-refractivity contribution < 1.29 is 0 Å². The molecule has 1 aliphatic carbocycles. The molecule has 3 aromatic rings. The highest BCUT2D eigenvalue weighted by Gasteiger charge is 2.13. The van der Waals surface area contributed by atoms with Crippen molar-refractivity contribution in [1.82, 2.24) is 19.9 Å². The van der Waals surface area contributed by atoms with Crippen LogP contribution < -0.4 is 5.73 Å². The van der Waals surface area contributed by atoms with Crippen LogP contribution in [0.1, 0.15) is 37.7 Å². The zero-order chi connectivity index (χ0) is 16.4. The molecule has 5 nitrogen and oxygen atoms in total. The second kappa shape index (κ2) is 6.32. The number of aromatic nitrogens is 4. The number of nitrogen functional groups attached to an aromatic ring is 1. The van der Waals surface area contributed by atoms with Crippen molar-refractivity contribution in [3.63, 3.8) is 0 Å². The van der Waals surface area contributed by atoms with Gasteiger partial charge in [0.25, 0.3) is 0 Å². The standard InChI is InChI=1S/C19H19N5/c20-19-22-11-9-16(24-19)15-12-23-18-17(15)14(8-10-21-18)7-6-13-4-2-1-3-5-13/h8-13H,1-5H2,(H,21,23)(H2,20,22,24). The molecule has 120 valence electrons. The molecule has 0 aromatic carbocycles. The van der Waals surface area contributed by atoms with Crippen molar-refractivity contribution >= 4 is 17.0 Å². The average Bonchev–Trinajstić information content (AvgIpc) is 3.05. The molecule has 24 heavy (non-hydrogen) atoms. The van der Waals surface area contributed by atoms with Crippen LogP contribution in [0.2, 0.25) is 0 Å². The predicted molar refractivity (Wildman–Crippen MR) is 95.0 cm³/mol. The first kappa shape index (κ1) is 14.7. The highest BCUT2D eigenvalue weighted by Crippen LogP contribution is 2.29. The summed E-state index contributed by atoms with van der Waals surface area (Å²) in [5, 5.41) is 0.999. The Morgan fingerprint density at radius 3 is 2.75 bits per heavy atom. The molecule has 3 N–H and O–H groups in total. The van der Waals surface area contributed by atoms with Crippen molar-refractivity contribution in [1.29, 1.82) is 0 Å². The molecule has 1 aliphatic rings. The number of anilines is 1. The molecule has 0 saturated heterocycles. The Morgan fingerprint density at radius 1 is 1.08 bits per heavy atom. The summed E-state index contributed by atoms with van der Waals surface area (Å²) in [6, 6.07) is 3.82. The van der Waals surface area contributed by atoms with Crippen LogP contribution in [0.4, 0.5) is 5.95 Å². The van der Waals surface area contributed by atoms with E-state index in [1.54, 1.807) is 12.4 Å². The van der Waals surface area contributed by atoms with Crippen LogP contribution in [-0.4, -0.2) is 19.9 Å². The number of pyridine rings is 1. The summed E-state index contributed by atoms with van der Waals surface area (Å²) in [6.07, 6.45) is 11.7. The number of nitrogens with zero attached hydrogens (tertiary/aromatic N) is 3. The van der Waals surface area contributed by atoms with Gasteiger partial charge in [-0.1, -0.05) is 31.1 Å². The van der Waals surface area contributed by atoms with E-state index in [4.69, 9.17) is 5.73 Å². The molecular weight excluding hydrogens is 298 g/mol. The van der Waals surface area contributed by atoms with Gasteiger partial charge in [-0.2, -0.15) is 0 Å². The first-order valence-electron chi connectivity index (χ1n) is 8.38. The number of nitrogens with one attached hydrogen (secondary N) is 1. The first-order chi connectivity index (χ1) is 11.8. The zero-order valence-corrected chi connectivity index (χ0v) is 13.4. The summed E-state index contributed by atoms with van der Waals surface area (Å²) in [6.45, 7) is 0. The van der Waals surface area contributed by atoms with Gasteiger partial charge in [-0.15, -0.1) is 0 Å². The number of hydrogen-bond donors (Lipinski definition) is 2. The average molecular weight is 317 g/mol. The van der Waals surface area contributed by atoms with E-state index in [1.807, 2.05) is 18.3 Å². The molecule has 0 atom stereocenters. The van der Waals surface area contributed by atoms with Gasteiger partial charge in [-0.3, -0.25) is 0 Å². The quantitative estimate of drug-likeness (QED) is 0.673. The predicted octanol–water partition coefficient (Wildman–Crippen LogP) is 3.53. The van der Waals surface area contributed by atoms with E-state index in [2.05, 4.69) is 31.8 Å². The largest absolute Gasteiger partial charge is 0.368 e. The van der Waals surface area contributed by atoms with Crippen LogP contribution in [0.15, 0.2) is 30.7 Å². The molecule has 1 fully saturated rings. The van der Waals surface area contributed by atoms with Crippen molar-refractivity contribution in [2.24, 2.45) is 5.92 Å². The van der Waals surface area contributed by atoms with Crippen molar-refractivity contribution in [3.8, 4) is 23.1 Å². The third-order valence-electron chi connectivity index (χ3n) is 4.54. The second-order valence-corrected chi connectivity index (χ2v) is 6.19. The van der Waals surface area contributed by atoms with Crippen LogP contribution >= 0.6 is 0 Å². The van der Waals surface area contributed by atoms with Crippen LogP contribution in [0.3, 0.4) is 0 Å². The van der Waals surface area contributed by atoms with Gasteiger partial charge in [0, 0.05) is 41.0 Å². The number of aromatic amines is 1. The van der Waals surface area contributed by atoms with E-state index in [-0.39, 0.29) is 5.95 Å². The van der Waals surface area contributed by atoms with Crippen LogP contribution in [0, 0.1) is 17.8 Å². The Kier molecular flexibility index (Phi) is 3.87. The molecule has 3 heterocycles. The fourth-order valence-corrected chi connectivity index (χ4v) is 3.31. The lowest BCUT2D eigenvalue weighted by Gasteiger charge is -2.15. The summed E-state index contributed by atoms with van der Waals surface area (Å²) in [4.78, 5) is 15.9. The lowest BCUT2D eigenvalue weighted by molar-refractivity contribution is 0.430. The normalized spacial score (nSPS) is 15.2. The van der Waals surface area contributed by atoms with Gasteiger partial charge in [0.2, 0.25) is 5.95 Å². The van der Waals surface area contributed by atoms with Crippen molar-refractivity contribution in [2.75, 3.05) is 5.73 Å². The SMILES string of the molecule is Nc1nccc(-c2c[nH]c3nccc(C#CC4CCCCC4)c23)n1. The molecular formula is C19H19N5. The van der Waals surface area contributed by atoms with Crippen molar-refractivity contribution in [3.05, 3.63) is 36.3 Å². The van der Waals surface area contributed by atoms with E-state index >= 15 is 0 Å². The molecule has 0 radical (unpaired) electrons. The molecule has 0 spiro atoms. The van der Waals surface area contributed by atoms with Gasteiger partial charge in [0.1, 0.15) is 5.65 Å². The Balaban J connectivity index is 1.79. The fraction of sp³-hybridized carbons (Fsp3) is 0.316. The smallest absolute Gasteiger partial charge is 0.220 e. The Bertz CT molecular complexity index is 926. The van der Waals surface area contributed by atoms with E-state index < -0.39 is 0 Å². The molecule has 5 heteroatoms. The highest BCUT2D eigenvalue weighted by atomic mass is 15.0. The summed E-state index contributed by atoms with van der Waals surface area (Å²) >= 11 is 0. The monoisotopic (exact) mass is 317 g/mol. The summed E-state index contributed by atoms with van der Waals surface area (Å²) < 4.78 is 0. The minimum Gasteiger partial charge on any atom is -0.368 e. The summed E-state index contributed by atoms with van der Waals surface area (Å²) in [5.41, 5.74) is 9.27. The van der Waals surface area contributed by atoms with Crippen molar-refractivity contribution in [2.45, 2.75) is 32.1 Å². The molecule has 1 saturated carbocycles. The lowest BCUT2D eigenvalue weighted by Crippen LogP contribution is -2.03. The van der Waals surface area contributed by atoms with E-state index in [1.165, 1.54) is 32.1 Å². The lowest BCUT2D eigenvalue weighted by atomic mass is 9.89. The van der Waals surface area contributed by atoms with Gasteiger partial charge in [-0.05, 0) is 25.0 Å². The van der Waals surface area contributed by atoms with Crippen LogP contribution in [0.5, 0.6) is 0 Å². The summed E-state index contributed by atoms with van der Waals surface area (Å²) in [7, 11) is 0. The molecule has 4 rings (SSSR count). The first-order valence-corrected chi connectivity index (χ1v) is 8.38. The maximum atomic E-state index is 5.73. The van der Waals surface area contributed by atoms with Gasteiger partial charge >= 0.3 is 0 Å². The maximum Gasteiger partial charge on any atom is 0.220 e. The fourth-order valence-electron chi connectivity index (χ4n) is 3.31. The Morgan fingerprint density at radius 2 is 1.92 bits per heavy atom. The minimum absolute atomic E-state index is 0.264. The third-order valence-corrected chi connectivity index (χ3v) is 4.54. The molecule has 0 bridgehead atoms. The van der Waals surface area contributed by atoms with Gasteiger partial charge < -0.3 is 10.7 Å². The molecule has 0 amide bonds. The number of rotatable bonds is 1. The number of nitrogens with two attached hydrogens (primary N) is 1. The van der Waals surface area contributed by atoms with E-state index in [9.17, 15) is 0 Å². The van der Waals surface area contributed by atoms with E-state index in [0.717, 1.165) is 27.9 Å². The molecule has 3 aromatic heterocycles. The molecule has 0 aliphatic heterocycles. The number of hydrogen-bond acceptors (Lipinski definition) is 4. The van der Waals surface area contributed by atoms with Crippen LogP contribution in [-0.2, 0) is 0 Å². The Labute approximate surface area is 140 Å². The molecule has 0 unspecified atom stereocenters.